The highest BCUT2D eigenvalue weighted by atomic mass is 16.5. The predicted molar refractivity (Wildman–Crippen MR) is 95.8 cm³/mol. The van der Waals surface area contributed by atoms with Crippen molar-refractivity contribution >= 4 is 23.2 Å². The molecule has 2 heterocycles. The van der Waals surface area contributed by atoms with Crippen molar-refractivity contribution in [1.29, 1.82) is 0 Å². The van der Waals surface area contributed by atoms with Gasteiger partial charge in [-0.05, 0) is 36.6 Å². The minimum atomic E-state index is -0.239. The van der Waals surface area contributed by atoms with Crippen LogP contribution in [-0.2, 0) is 16.0 Å². The molecule has 0 saturated carbocycles. The Morgan fingerprint density at radius 2 is 1.92 bits per heavy atom. The molecule has 25 heavy (non-hydrogen) atoms. The molecule has 0 radical (unpaired) electrons. The highest BCUT2D eigenvalue weighted by Crippen LogP contribution is 2.31. The van der Waals surface area contributed by atoms with Crippen molar-refractivity contribution in [2.24, 2.45) is 5.92 Å². The van der Waals surface area contributed by atoms with Crippen LogP contribution in [0.1, 0.15) is 18.4 Å². The number of hydrogen-bond donors (Lipinski definition) is 1. The fraction of sp³-hybridized carbons (Fsp3) is 0.300. The number of hydrogen-bond acceptors (Lipinski definition) is 3. The summed E-state index contributed by atoms with van der Waals surface area (Å²) in [4.78, 5) is 26.5. The average molecular weight is 336 g/mol. The van der Waals surface area contributed by atoms with Crippen LogP contribution in [0.2, 0.25) is 0 Å². The molecule has 2 aromatic carbocycles. The Hall–Kier alpha value is -2.82. The van der Waals surface area contributed by atoms with E-state index in [-0.39, 0.29) is 17.7 Å². The van der Waals surface area contributed by atoms with Crippen molar-refractivity contribution in [1.82, 2.24) is 0 Å². The number of benzene rings is 2. The summed E-state index contributed by atoms with van der Waals surface area (Å²) in [6.45, 7) is 1.07. The molecule has 1 fully saturated rings. The summed E-state index contributed by atoms with van der Waals surface area (Å²) in [6, 6.07) is 15.3. The van der Waals surface area contributed by atoms with Gasteiger partial charge in [0, 0.05) is 13.0 Å². The summed E-state index contributed by atoms with van der Waals surface area (Å²) in [5, 5.41) is 3.00. The fourth-order valence-corrected chi connectivity index (χ4v) is 3.45. The van der Waals surface area contributed by atoms with E-state index < -0.39 is 0 Å². The van der Waals surface area contributed by atoms with E-state index in [4.69, 9.17) is 4.74 Å². The van der Waals surface area contributed by atoms with Crippen LogP contribution in [0, 0.1) is 5.92 Å². The maximum absolute atomic E-state index is 12.7. The number of ether oxygens (including phenoxy) is 1. The second kappa shape index (κ2) is 6.59. The lowest BCUT2D eigenvalue weighted by atomic mass is 9.96. The fourth-order valence-electron chi connectivity index (χ4n) is 3.45. The van der Waals surface area contributed by atoms with Crippen LogP contribution >= 0.6 is 0 Å². The Kier molecular flexibility index (Phi) is 4.14. The Balaban J connectivity index is 1.51. The Labute approximate surface area is 146 Å². The quantitative estimate of drug-likeness (QED) is 0.937. The molecule has 2 aromatic rings. The number of para-hydroxylation sites is 3. The van der Waals surface area contributed by atoms with E-state index in [0.29, 0.717) is 31.7 Å². The Morgan fingerprint density at radius 3 is 2.76 bits per heavy atom. The molecule has 0 bridgehead atoms. The standard InChI is InChI=1S/C20H20N2O3/c23-19-10-5-11-22(19)17-8-3-2-7-16(17)21-20(24)15-12-14-6-1-4-9-18(14)25-13-15/h1-4,6-9,15H,5,10-13H2,(H,21,24). The summed E-state index contributed by atoms with van der Waals surface area (Å²) >= 11 is 0. The number of anilines is 2. The zero-order valence-corrected chi connectivity index (χ0v) is 13.9. The molecule has 0 aromatic heterocycles. The molecule has 2 amide bonds. The summed E-state index contributed by atoms with van der Waals surface area (Å²) < 4.78 is 5.72. The minimum absolute atomic E-state index is 0.0754. The molecule has 1 unspecified atom stereocenters. The van der Waals surface area contributed by atoms with Gasteiger partial charge in [-0.15, -0.1) is 0 Å². The summed E-state index contributed by atoms with van der Waals surface area (Å²) in [6.07, 6.45) is 2.08. The van der Waals surface area contributed by atoms with Gasteiger partial charge in [-0.1, -0.05) is 30.3 Å². The van der Waals surface area contributed by atoms with Gasteiger partial charge in [0.25, 0.3) is 0 Å². The maximum atomic E-state index is 12.7. The summed E-state index contributed by atoms with van der Waals surface area (Å²) in [5.41, 5.74) is 2.51. The molecule has 1 N–H and O–H groups in total. The lowest BCUT2D eigenvalue weighted by Crippen LogP contribution is -2.33. The van der Waals surface area contributed by atoms with Crippen LogP contribution in [0.5, 0.6) is 5.75 Å². The first-order chi connectivity index (χ1) is 12.2. The first-order valence-corrected chi connectivity index (χ1v) is 8.63. The molecule has 128 valence electrons. The van der Waals surface area contributed by atoms with Crippen molar-refractivity contribution in [3.8, 4) is 5.75 Å². The number of rotatable bonds is 3. The summed E-state index contributed by atoms with van der Waals surface area (Å²) in [5.74, 6) is 0.650. The molecule has 0 aliphatic carbocycles. The van der Waals surface area contributed by atoms with Gasteiger partial charge >= 0.3 is 0 Å². The number of nitrogens with one attached hydrogen (secondary N) is 1. The molecule has 5 heteroatoms. The van der Waals surface area contributed by atoms with Crippen molar-refractivity contribution in [2.45, 2.75) is 19.3 Å². The van der Waals surface area contributed by atoms with Gasteiger partial charge < -0.3 is 15.0 Å². The van der Waals surface area contributed by atoms with E-state index in [2.05, 4.69) is 5.32 Å². The Bertz CT molecular complexity index is 818. The number of carbonyl (C=O) groups excluding carboxylic acids is 2. The molecule has 1 atom stereocenters. The molecular weight excluding hydrogens is 316 g/mol. The summed E-state index contributed by atoms with van der Waals surface area (Å²) in [7, 11) is 0. The van der Waals surface area contributed by atoms with Crippen LogP contribution in [0.4, 0.5) is 11.4 Å². The lowest BCUT2D eigenvalue weighted by molar-refractivity contribution is -0.121. The number of fused-ring (bicyclic) bond motifs is 1. The third-order valence-corrected chi connectivity index (χ3v) is 4.78. The molecule has 1 saturated heterocycles. The lowest BCUT2D eigenvalue weighted by Gasteiger charge is -2.26. The van der Waals surface area contributed by atoms with Crippen LogP contribution in [-0.4, -0.2) is 25.0 Å². The second-order valence-corrected chi connectivity index (χ2v) is 6.48. The first-order valence-electron chi connectivity index (χ1n) is 8.63. The van der Waals surface area contributed by atoms with Gasteiger partial charge in [-0.3, -0.25) is 9.59 Å². The highest BCUT2D eigenvalue weighted by Gasteiger charge is 2.28. The van der Waals surface area contributed by atoms with E-state index >= 15 is 0 Å². The second-order valence-electron chi connectivity index (χ2n) is 6.48. The number of nitrogens with zero attached hydrogens (tertiary/aromatic N) is 1. The zero-order chi connectivity index (χ0) is 17.2. The molecule has 4 rings (SSSR count). The first kappa shape index (κ1) is 15.7. The number of amides is 2. The largest absolute Gasteiger partial charge is 0.492 e. The van der Waals surface area contributed by atoms with Gasteiger partial charge in [0.05, 0.1) is 17.3 Å². The van der Waals surface area contributed by atoms with E-state index in [1.54, 1.807) is 4.90 Å². The van der Waals surface area contributed by atoms with E-state index in [1.807, 2.05) is 48.5 Å². The van der Waals surface area contributed by atoms with Crippen LogP contribution in [0.3, 0.4) is 0 Å². The molecule has 2 aliphatic heterocycles. The minimum Gasteiger partial charge on any atom is -0.492 e. The van der Waals surface area contributed by atoms with Gasteiger partial charge in [0.15, 0.2) is 0 Å². The molecule has 5 nitrogen and oxygen atoms in total. The topological polar surface area (TPSA) is 58.6 Å². The smallest absolute Gasteiger partial charge is 0.231 e. The van der Waals surface area contributed by atoms with Gasteiger partial charge in [-0.2, -0.15) is 0 Å². The van der Waals surface area contributed by atoms with Crippen molar-refractivity contribution in [3.63, 3.8) is 0 Å². The van der Waals surface area contributed by atoms with Crippen LogP contribution < -0.4 is 15.0 Å². The van der Waals surface area contributed by atoms with E-state index in [1.165, 1.54) is 0 Å². The van der Waals surface area contributed by atoms with Gasteiger partial charge in [-0.25, -0.2) is 0 Å². The van der Waals surface area contributed by atoms with Gasteiger partial charge in [0.1, 0.15) is 12.4 Å². The van der Waals surface area contributed by atoms with E-state index in [0.717, 1.165) is 23.4 Å². The average Bonchev–Trinajstić information content (AvgIpc) is 3.07. The van der Waals surface area contributed by atoms with Crippen molar-refractivity contribution < 1.29 is 14.3 Å². The third kappa shape index (κ3) is 3.09. The molecular formula is C20H20N2O3. The highest BCUT2D eigenvalue weighted by molar-refractivity contribution is 6.02. The van der Waals surface area contributed by atoms with Crippen molar-refractivity contribution in [2.75, 3.05) is 23.4 Å². The Morgan fingerprint density at radius 1 is 1.12 bits per heavy atom. The normalized spacial score (nSPS) is 19.3. The maximum Gasteiger partial charge on any atom is 0.231 e. The van der Waals surface area contributed by atoms with Crippen LogP contribution in [0.15, 0.2) is 48.5 Å². The molecule has 0 spiro atoms. The van der Waals surface area contributed by atoms with Crippen LogP contribution in [0.25, 0.3) is 0 Å². The SMILES string of the molecule is O=C(Nc1ccccc1N1CCCC1=O)C1COc2ccccc2C1. The third-order valence-electron chi connectivity index (χ3n) is 4.78. The number of carbonyl (C=O) groups is 2. The van der Waals surface area contributed by atoms with Gasteiger partial charge in [0.2, 0.25) is 11.8 Å². The van der Waals surface area contributed by atoms with E-state index in [9.17, 15) is 9.59 Å². The van der Waals surface area contributed by atoms with Crippen molar-refractivity contribution in [3.05, 3.63) is 54.1 Å². The zero-order valence-electron chi connectivity index (χ0n) is 13.9. The molecule has 2 aliphatic rings. The monoisotopic (exact) mass is 336 g/mol. The predicted octanol–water partition coefficient (Wildman–Crippen LogP) is 3.00.